The Bertz CT molecular complexity index is 699. The summed E-state index contributed by atoms with van der Waals surface area (Å²) < 4.78 is 5.50. The van der Waals surface area contributed by atoms with E-state index in [1.54, 1.807) is 0 Å². The summed E-state index contributed by atoms with van der Waals surface area (Å²) in [6, 6.07) is 0. The Balaban J connectivity index is 2.00. The molecule has 0 radical (unpaired) electrons. The quantitative estimate of drug-likeness (QED) is 0.779. The van der Waals surface area contributed by atoms with E-state index in [-0.39, 0.29) is 5.91 Å². The van der Waals surface area contributed by atoms with E-state index in [4.69, 9.17) is 4.74 Å². The van der Waals surface area contributed by atoms with Crippen LogP contribution in [0.15, 0.2) is 10.7 Å². The van der Waals surface area contributed by atoms with E-state index in [2.05, 4.69) is 34.3 Å². The second-order valence-electron chi connectivity index (χ2n) is 6.49. The van der Waals surface area contributed by atoms with Gasteiger partial charge in [0.2, 0.25) is 5.90 Å². The number of fused-ring (bicyclic) bond motifs is 1. The Morgan fingerprint density at radius 3 is 2.68 bits per heavy atom. The van der Waals surface area contributed by atoms with E-state index in [0.717, 1.165) is 38.2 Å². The van der Waals surface area contributed by atoms with Gasteiger partial charge < -0.3 is 9.72 Å². The first-order valence-corrected chi connectivity index (χ1v) is 9.35. The molecule has 1 aromatic rings. The molecule has 136 valence electrons. The van der Waals surface area contributed by atoms with Crippen LogP contribution < -0.4 is 5.43 Å². The summed E-state index contributed by atoms with van der Waals surface area (Å²) in [6.07, 6.45) is 6.57. The Morgan fingerprint density at radius 2 is 1.96 bits per heavy atom. The molecule has 3 rings (SSSR count). The summed E-state index contributed by atoms with van der Waals surface area (Å²) in [7, 11) is 0. The van der Waals surface area contributed by atoms with Crippen LogP contribution in [0.4, 0.5) is 0 Å². The minimum Gasteiger partial charge on any atom is -0.476 e. The van der Waals surface area contributed by atoms with E-state index < -0.39 is 0 Å². The maximum atomic E-state index is 12.2. The lowest BCUT2D eigenvalue weighted by molar-refractivity contribution is -0.116. The number of carbonyl (C=O) groups is 1. The second kappa shape index (κ2) is 7.87. The highest BCUT2D eigenvalue weighted by atomic mass is 16.5. The molecule has 6 heteroatoms. The van der Waals surface area contributed by atoms with Crippen LogP contribution in [-0.4, -0.2) is 41.4 Å². The Morgan fingerprint density at radius 1 is 1.20 bits per heavy atom. The molecule has 0 aromatic carbocycles. The van der Waals surface area contributed by atoms with Crippen LogP contribution in [-0.2, 0) is 28.9 Å². The van der Waals surface area contributed by atoms with E-state index in [1.807, 2.05) is 13.0 Å². The number of hydrazone groups is 1. The summed E-state index contributed by atoms with van der Waals surface area (Å²) in [4.78, 5) is 18.1. The molecule has 25 heavy (non-hydrogen) atoms. The Labute approximate surface area is 149 Å². The van der Waals surface area contributed by atoms with Crippen molar-refractivity contribution in [3.8, 4) is 0 Å². The molecule has 1 aliphatic carbocycles. The van der Waals surface area contributed by atoms with Crippen molar-refractivity contribution in [2.45, 2.75) is 53.0 Å². The van der Waals surface area contributed by atoms with Crippen LogP contribution in [0, 0.1) is 0 Å². The largest absolute Gasteiger partial charge is 0.476 e. The predicted octanol–water partition coefficient (Wildman–Crippen LogP) is 2.60. The lowest BCUT2D eigenvalue weighted by atomic mass is 9.94. The number of hydrogen-bond acceptors (Lipinski definition) is 4. The average Bonchev–Trinajstić information content (AvgIpc) is 3.15. The molecule has 0 saturated heterocycles. The molecule has 2 heterocycles. The number of aryl methyl sites for hydroxylation is 1. The molecule has 1 aliphatic heterocycles. The molecular formula is C19H28N4O2. The lowest BCUT2D eigenvalue weighted by Gasteiger charge is -2.20. The zero-order valence-electron chi connectivity index (χ0n) is 15.4. The lowest BCUT2D eigenvalue weighted by Crippen LogP contribution is -2.23. The van der Waals surface area contributed by atoms with E-state index in [9.17, 15) is 4.79 Å². The molecule has 2 aliphatic rings. The molecule has 0 atom stereocenters. The normalized spacial score (nSPS) is 18.5. The van der Waals surface area contributed by atoms with Gasteiger partial charge >= 0.3 is 0 Å². The van der Waals surface area contributed by atoms with Crippen LogP contribution in [0.25, 0.3) is 6.08 Å². The van der Waals surface area contributed by atoms with Crippen LogP contribution in [0.1, 0.15) is 56.1 Å². The third kappa shape index (κ3) is 3.63. The van der Waals surface area contributed by atoms with Crippen molar-refractivity contribution in [3.05, 3.63) is 28.1 Å². The highest BCUT2D eigenvalue weighted by Crippen LogP contribution is 2.30. The fourth-order valence-electron chi connectivity index (χ4n) is 3.59. The van der Waals surface area contributed by atoms with Crippen molar-refractivity contribution in [2.75, 3.05) is 19.7 Å². The highest BCUT2D eigenvalue weighted by Gasteiger charge is 2.26. The summed E-state index contributed by atoms with van der Waals surface area (Å²) in [5.41, 5.74) is 8.12. The minimum absolute atomic E-state index is 0.204. The number of aromatic amines is 1. The van der Waals surface area contributed by atoms with Gasteiger partial charge in [0, 0.05) is 17.9 Å². The van der Waals surface area contributed by atoms with Crippen LogP contribution >= 0.6 is 0 Å². The first kappa shape index (κ1) is 17.7. The van der Waals surface area contributed by atoms with Gasteiger partial charge in [-0.15, -0.1) is 5.10 Å². The van der Waals surface area contributed by atoms with Gasteiger partial charge in [0.05, 0.1) is 6.61 Å². The first-order chi connectivity index (χ1) is 12.2. The van der Waals surface area contributed by atoms with Gasteiger partial charge in [0.15, 0.2) is 0 Å². The van der Waals surface area contributed by atoms with Gasteiger partial charge in [-0.1, -0.05) is 13.8 Å². The average molecular weight is 344 g/mol. The number of nitrogens with zero attached hydrogens (tertiary/aromatic N) is 2. The fraction of sp³-hybridized carbons (Fsp3) is 0.579. The maximum Gasteiger partial charge on any atom is 0.277 e. The smallest absolute Gasteiger partial charge is 0.277 e. The van der Waals surface area contributed by atoms with Crippen LogP contribution in [0.5, 0.6) is 0 Å². The number of ether oxygens (including phenoxy) is 1. The van der Waals surface area contributed by atoms with Crippen molar-refractivity contribution in [1.29, 1.82) is 0 Å². The Kier molecular flexibility index (Phi) is 5.58. The van der Waals surface area contributed by atoms with Crippen molar-refractivity contribution in [2.24, 2.45) is 5.10 Å². The molecule has 0 saturated carbocycles. The van der Waals surface area contributed by atoms with Gasteiger partial charge in [-0.05, 0) is 62.9 Å². The van der Waals surface area contributed by atoms with Gasteiger partial charge in [0.25, 0.3) is 5.91 Å². The maximum absolute atomic E-state index is 12.2. The van der Waals surface area contributed by atoms with Crippen LogP contribution in [0.2, 0.25) is 0 Å². The zero-order chi connectivity index (χ0) is 17.8. The van der Waals surface area contributed by atoms with Crippen molar-refractivity contribution >= 4 is 17.9 Å². The highest BCUT2D eigenvalue weighted by molar-refractivity contribution is 6.24. The monoisotopic (exact) mass is 344 g/mol. The SMILES string of the molecule is CCOC1=NNC(=O)C1=Cc1[nH]c2c(c1CN(CC)CC)CCCC2. The van der Waals surface area contributed by atoms with Gasteiger partial charge in [-0.25, -0.2) is 5.43 Å². The molecule has 2 N–H and O–H groups in total. The fourth-order valence-corrected chi connectivity index (χ4v) is 3.59. The summed E-state index contributed by atoms with van der Waals surface area (Å²) in [6.45, 7) is 9.68. The van der Waals surface area contributed by atoms with Gasteiger partial charge in [-0.3, -0.25) is 9.69 Å². The number of nitrogens with one attached hydrogen (secondary N) is 2. The number of carbonyl (C=O) groups excluding carboxylic acids is 1. The van der Waals surface area contributed by atoms with Gasteiger partial charge in [-0.2, -0.15) is 0 Å². The van der Waals surface area contributed by atoms with E-state index >= 15 is 0 Å². The predicted molar refractivity (Wildman–Crippen MR) is 99.2 cm³/mol. The first-order valence-electron chi connectivity index (χ1n) is 9.35. The molecule has 1 amide bonds. The summed E-state index contributed by atoms with van der Waals surface area (Å²) >= 11 is 0. The number of H-pyrrole nitrogens is 1. The van der Waals surface area contributed by atoms with Crippen molar-refractivity contribution in [3.63, 3.8) is 0 Å². The molecule has 0 spiro atoms. The molecular weight excluding hydrogens is 316 g/mol. The molecule has 0 unspecified atom stereocenters. The molecule has 0 fully saturated rings. The molecule has 6 nitrogen and oxygen atoms in total. The summed E-state index contributed by atoms with van der Waals surface area (Å²) in [5.74, 6) is 0.179. The summed E-state index contributed by atoms with van der Waals surface area (Å²) in [5, 5.41) is 3.99. The standard InChI is InChI=1S/C19H28N4O2/c1-4-23(5-2)12-15-13-9-7-8-10-16(13)20-17(15)11-14-18(24)21-22-19(14)25-6-3/h11,20H,4-10,12H2,1-3H3,(H,21,24). The number of hydrogen-bond donors (Lipinski definition) is 2. The third-order valence-electron chi connectivity index (χ3n) is 5.02. The molecule has 0 bridgehead atoms. The van der Waals surface area contributed by atoms with Crippen LogP contribution in [0.3, 0.4) is 0 Å². The topological polar surface area (TPSA) is 69.7 Å². The van der Waals surface area contributed by atoms with E-state index in [1.165, 1.54) is 29.7 Å². The third-order valence-corrected chi connectivity index (χ3v) is 5.02. The van der Waals surface area contributed by atoms with Crippen molar-refractivity contribution < 1.29 is 9.53 Å². The van der Waals surface area contributed by atoms with Gasteiger partial charge in [0.1, 0.15) is 5.57 Å². The zero-order valence-corrected chi connectivity index (χ0v) is 15.4. The molecule has 1 aromatic heterocycles. The minimum atomic E-state index is -0.204. The second-order valence-corrected chi connectivity index (χ2v) is 6.49. The number of amides is 1. The Hall–Kier alpha value is -2.08. The van der Waals surface area contributed by atoms with Crippen molar-refractivity contribution in [1.82, 2.24) is 15.3 Å². The number of rotatable bonds is 6. The number of aromatic nitrogens is 1. The van der Waals surface area contributed by atoms with E-state index in [0.29, 0.717) is 18.1 Å².